The second-order valence-electron chi connectivity index (χ2n) is 6.44. The van der Waals surface area contributed by atoms with E-state index in [1.54, 1.807) is 0 Å². The van der Waals surface area contributed by atoms with Crippen molar-refractivity contribution < 1.29 is 13.6 Å². The highest BCUT2D eigenvalue weighted by Gasteiger charge is 2.62. The number of rotatable bonds is 0. The van der Waals surface area contributed by atoms with Gasteiger partial charge < -0.3 is 10.6 Å². The molecule has 21 heavy (non-hydrogen) atoms. The summed E-state index contributed by atoms with van der Waals surface area (Å²) < 4.78 is 27.8. The number of hydrogen-bond donors (Lipinski definition) is 2. The standard InChI is InChI=1S/C16H18F2N2O/c17-10-8-12-11(13(18)9-10)2-5-15(12)3-1-4-16(15)14(21)19-6-7-20-16/h8-9,20H,1-7H2,(H,19,21). The maximum Gasteiger partial charge on any atom is 0.241 e. The molecule has 0 aromatic heterocycles. The van der Waals surface area contributed by atoms with E-state index in [0.717, 1.165) is 25.3 Å². The molecule has 1 heterocycles. The normalized spacial score (nSPS) is 34.5. The molecule has 2 spiro atoms. The predicted molar refractivity (Wildman–Crippen MR) is 74.0 cm³/mol. The molecule has 2 unspecified atom stereocenters. The van der Waals surface area contributed by atoms with Gasteiger partial charge in [0.25, 0.3) is 0 Å². The van der Waals surface area contributed by atoms with Crippen molar-refractivity contribution in [2.75, 3.05) is 13.1 Å². The van der Waals surface area contributed by atoms with Crippen LogP contribution in [0.3, 0.4) is 0 Å². The summed E-state index contributed by atoms with van der Waals surface area (Å²) in [6, 6.07) is 2.40. The molecule has 3 aliphatic rings. The Hall–Kier alpha value is -1.49. The van der Waals surface area contributed by atoms with E-state index >= 15 is 0 Å². The SMILES string of the molecule is O=C1NCCNC12CCCC21CCc2c(F)cc(F)cc21. The van der Waals surface area contributed by atoms with E-state index in [-0.39, 0.29) is 5.91 Å². The summed E-state index contributed by atoms with van der Waals surface area (Å²) >= 11 is 0. The summed E-state index contributed by atoms with van der Waals surface area (Å²) in [6.07, 6.45) is 3.74. The van der Waals surface area contributed by atoms with Crippen LogP contribution in [0.2, 0.25) is 0 Å². The molecular weight excluding hydrogens is 274 g/mol. The number of carbonyl (C=O) groups excluding carboxylic acids is 1. The van der Waals surface area contributed by atoms with Gasteiger partial charge in [-0.05, 0) is 42.9 Å². The number of piperazine rings is 1. The van der Waals surface area contributed by atoms with E-state index in [2.05, 4.69) is 10.6 Å². The van der Waals surface area contributed by atoms with Crippen LogP contribution in [0.1, 0.15) is 36.8 Å². The van der Waals surface area contributed by atoms with Crippen molar-refractivity contribution in [3.63, 3.8) is 0 Å². The molecule has 2 N–H and O–H groups in total. The molecule has 1 amide bonds. The van der Waals surface area contributed by atoms with E-state index in [1.165, 1.54) is 6.07 Å². The van der Waals surface area contributed by atoms with Gasteiger partial charge in [-0.1, -0.05) is 6.42 Å². The van der Waals surface area contributed by atoms with Gasteiger partial charge >= 0.3 is 0 Å². The summed E-state index contributed by atoms with van der Waals surface area (Å²) in [5, 5.41) is 6.34. The number of benzene rings is 1. The molecule has 5 heteroatoms. The van der Waals surface area contributed by atoms with Gasteiger partial charge in [-0.25, -0.2) is 8.78 Å². The monoisotopic (exact) mass is 292 g/mol. The molecule has 0 bridgehead atoms. The van der Waals surface area contributed by atoms with Crippen LogP contribution in [0.25, 0.3) is 0 Å². The van der Waals surface area contributed by atoms with Gasteiger partial charge in [0, 0.05) is 24.6 Å². The molecule has 0 radical (unpaired) electrons. The maximum absolute atomic E-state index is 14.1. The Labute approximate surface area is 122 Å². The third-order valence-corrected chi connectivity index (χ3v) is 5.67. The van der Waals surface area contributed by atoms with Crippen LogP contribution in [0.5, 0.6) is 0 Å². The largest absolute Gasteiger partial charge is 0.353 e. The summed E-state index contributed by atoms with van der Waals surface area (Å²) in [4.78, 5) is 12.6. The molecule has 1 saturated carbocycles. The lowest BCUT2D eigenvalue weighted by Crippen LogP contribution is -2.69. The molecule has 2 fully saturated rings. The summed E-state index contributed by atoms with van der Waals surface area (Å²) in [6.45, 7) is 1.32. The highest BCUT2D eigenvalue weighted by atomic mass is 19.1. The fourth-order valence-electron chi connectivity index (χ4n) is 4.84. The Bertz CT molecular complexity index is 633. The third-order valence-electron chi connectivity index (χ3n) is 5.67. The van der Waals surface area contributed by atoms with Crippen molar-refractivity contribution >= 4 is 5.91 Å². The van der Waals surface area contributed by atoms with Crippen molar-refractivity contribution in [2.45, 2.75) is 43.1 Å². The Morgan fingerprint density at radius 1 is 1.10 bits per heavy atom. The summed E-state index contributed by atoms with van der Waals surface area (Å²) in [5.41, 5.74) is 0.145. The van der Waals surface area contributed by atoms with Gasteiger partial charge in [0.05, 0.1) is 0 Å². The van der Waals surface area contributed by atoms with Crippen LogP contribution in [-0.4, -0.2) is 24.5 Å². The summed E-state index contributed by atoms with van der Waals surface area (Å²) in [7, 11) is 0. The first-order valence-corrected chi connectivity index (χ1v) is 7.61. The number of carbonyl (C=O) groups is 1. The Balaban J connectivity index is 1.92. The molecule has 2 atom stereocenters. The average molecular weight is 292 g/mol. The number of halogens is 2. The minimum atomic E-state index is -0.698. The second-order valence-corrected chi connectivity index (χ2v) is 6.44. The van der Waals surface area contributed by atoms with Crippen LogP contribution in [0.4, 0.5) is 8.78 Å². The van der Waals surface area contributed by atoms with Crippen LogP contribution >= 0.6 is 0 Å². The average Bonchev–Trinajstić information content (AvgIpc) is 2.99. The smallest absolute Gasteiger partial charge is 0.241 e. The predicted octanol–water partition coefficient (Wildman–Crippen LogP) is 1.79. The summed E-state index contributed by atoms with van der Waals surface area (Å²) in [5.74, 6) is -1.03. The molecule has 3 nitrogen and oxygen atoms in total. The number of fused-ring (bicyclic) bond motifs is 3. The molecule has 1 aromatic rings. The van der Waals surface area contributed by atoms with Crippen LogP contribution in [0, 0.1) is 11.6 Å². The second kappa shape index (κ2) is 4.26. The Morgan fingerprint density at radius 3 is 2.76 bits per heavy atom. The molecule has 112 valence electrons. The molecular formula is C16H18F2N2O. The van der Waals surface area contributed by atoms with Crippen molar-refractivity contribution in [1.82, 2.24) is 10.6 Å². The molecule has 1 saturated heterocycles. The first kappa shape index (κ1) is 13.2. The number of amides is 1. The first-order chi connectivity index (χ1) is 10.1. The van der Waals surface area contributed by atoms with Gasteiger partial charge in [-0.2, -0.15) is 0 Å². The topological polar surface area (TPSA) is 41.1 Å². The Kier molecular flexibility index (Phi) is 2.67. The minimum Gasteiger partial charge on any atom is -0.353 e. The lowest BCUT2D eigenvalue weighted by atomic mass is 9.66. The van der Waals surface area contributed by atoms with Crippen molar-refractivity contribution in [2.24, 2.45) is 0 Å². The quantitative estimate of drug-likeness (QED) is 0.765. The lowest BCUT2D eigenvalue weighted by Gasteiger charge is -2.46. The van der Waals surface area contributed by atoms with Crippen molar-refractivity contribution in [3.05, 3.63) is 34.9 Å². The van der Waals surface area contributed by atoms with Gasteiger partial charge in [0.2, 0.25) is 5.91 Å². The fourth-order valence-corrected chi connectivity index (χ4v) is 4.84. The minimum absolute atomic E-state index is 0.0104. The first-order valence-electron chi connectivity index (χ1n) is 7.61. The Morgan fingerprint density at radius 2 is 1.95 bits per heavy atom. The molecule has 1 aliphatic heterocycles. The molecule has 2 aliphatic carbocycles. The van der Waals surface area contributed by atoms with Gasteiger partial charge in [0.15, 0.2) is 0 Å². The van der Waals surface area contributed by atoms with Gasteiger partial charge in [-0.3, -0.25) is 4.79 Å². The number of nitrogens with one attached hydrogen (secondary N) is 2. The van der Waals surface area contributed by atoms with Gasteiger partial charge in [-0.15, -0.1) is 0 Å². The number of hydrogen-bond acceptors (Lipinski definition) is 2. The molecule has 4 rings (SSSR count). The third kappa shape index (κ3) is 1.53. The van der Waals surface area contributed by atoms with Crippen LogP contribution < -0.4 is 10.6 Å². The zero-order valence-corrected chi connectivity index (χ0v) is 11.8. The van der Waals surface area contributed by atoms with Crippen LogP contribution in [0.15, 0.2) is 12.1 Å². The van der Waals surface area contributed by atoms with E-state index in [9.17, 15) is 13.6 Å². The van der Waals surface area contributed by atoms with Crippen LogP contribution in [-0.2, 0) is 16.6 Å². The zero-order chi connectivity index (χ0) is 14.7. The highest BCUT2D eigenvalue weighted by molar-refractivity contribution is 5.90. The highest BCUT2D eigenvalue weighted by Crippen LogP contribution is 2.56. The van der Waals surface area contributed by atoms with E-state index in [0.29, 0.717) is 37.1 Å². The molecule has 1 aromatic carbocycles. The van der Waals surface area contributed by atoms with Gasteiger partial charge in [0.1, 0.15) is 17.2 Å². The lowest BCUT2D eigenvalue weighted by molar-refractivity contribution is -0.131. The van der Waals surface area contributed by atoms with E-state index in [4.69, 9.17) is 0 Å². The van der Waals surface area contributed by atoms with E-state index < -0.39 is 22.6 Å². The van der Waals surface area contributed by atoms with Crippen molar-refractivity contribution in [1.29, 1.82) is 0 Å². The zero-order valence-electron chi connectivity index (χ0n) is 11.8. The maximum atomic E-state index is 14.1. The van der Waals surface area contributed by atoms with E-state index in [1.807, 2.05) is 0 Å². The van der Waals surface area contributed by atoms with Crippen molar-refractivity contribution in [3.8, 4) is 0 Å². The fraction of sp³-hybridized carbons (Fsp3) is 0.562.